The van der Waals surface area contributed by atoms with Crippen molar-refractivity contribution in [2.45, 2.75) is 40.3 Å². The Morgan fingerprint density at radius 3 is 2.61 bits per heavy atom. The van der Waals surface area contributed by atoms with Gasteiger partial charge in [0.2, 0.25) is 0 Å². The molecule has 1 aromatic carbocycles. The van der Waals surface area contributed by atoms with Crippen LogP contribution in [-0.4, -0.2) is 26.9 Å². The van der Waals surface area contributed by atoms with Gasteiger partial charge in [-0.15, -0.1) is 0 Å². The Balaban J connectivity index is 1.95. The lowest BCUT2D eigenvalue weighted by molar-refractivity contribution is -0.139. The molecular weight excluding hydrogens is 412 g/mol. The van der Waals surface area contributed by atoms with Crippen LogP contribution in [0.2, 0.25) is 0 Å². The Morgan fingerprint density at radius 2 is 1.97 bits per heavy atom. The first kappa shape index (κ1) is 21.0. The van der Waals surface area contributed by atoms with Gasteiger partial charge in [0, 0.05) is 17.8 Å². The Labute approximate surface area is 183 Å². The normalized spacial score (nSPS) is 16.3. The molecule has 0 unspecified atom stereocenters. The van der Waals surface area contributed by atoms with E-state index >= 15 is 0 Å². The summed E-state index contributed by atoms with van der Waals surface area (Å²) < 4.78 is 9.35. The van der Waals surface area contributed by atoms with Crippen molar-refractivity contribution in [3.05, 3.63) is 84.3 Å². The Morgan fingerprint density at radius 1 is 1.23 bits per heavy atom. The molecule has 3 heterocycles. The highest BCUT2D eigenvalue weighted by molar-refractivity contribution is 7.07. The highest BCUT2D eigenvalue weighted by Crippen LogP contribution is 2.30. The molecule has 0 aliphatic carbocycles. The summed E-state index contributed by atoms with van der Waals surface area (Å²) in [6, 6.07) is 8.93. The molecule has 3 aromatic rings. The molecule has 160 valence electrons. The van der Waals surface area contributed by atoms with Gasteiger partial charge in [-0.3, -0.25) is 14.0 Å². The molecular formula is C23H24N4O3S. The summed E-state index contributed by atoms with van der Waals surface area (Å²) in [7, 11) is 0. The standard InChI is InChI=1S/C23H24N4O3S/c1-5-26-15(4)17(13-24-26)12-18-21(28)27-20(16-10-8-7-9-11-16)19(22(29)30-6-2)14(3)25-23(27)31-18/h7-13,20H,5-6H2,1-4H3/t20-/m1/s1. The van der Waals surface area contributed by atoms with E-state index < -0.39 is 12.0 Å². The van der Waals surface area contributed by atoms with E-state index in [9.17, 15) is 9.59 Å². The number of hydrogen-bond donors (Lipinski definition) is 0. The first-order chi connectivity index (χ1) is 15.0. The monoisotopic (exact) mass is 436 g/mol. The molecule has 8 heteroatoms. The number of ether oxygens (including phenoxy) is 1. The van der Waals surface area contributed by atoms with Crippen molar-refractivity contribution in [1.29, 1.82) is 0 Å². The van der Waals surface area contributed by atoms with E-state index in [2.05, 4.69) is 10.1 Å². The van der Waals surface area contributed by atoms with E-state index in [0.717, 1.165) is 23.4 Å². The van der Waals surface area contributed by atoms with Crippen molar-refractivity contribution in [2.75, 3.05) is 6.61 Å². The van der Waals surface area contributed by atoms with Gasteiger partial charge in [0.25, 0.3) is 5.56 Å². The summed E-state index contributed by atoms with van der Waals surface area (Å²) in [5, 5.41) is 4.36. The van der Waals surface area contributed by atoms with Gasteiger partial charge in [-0.25, -0.2) is 9.79 Å². The predicted molar refractivity (Wildman–Crippen MR) is 119 cm³/mol. The van der Waals surface area contributed by atoms with Gasteiger partial charge in [-0.1, -0.05) is 41.7 Å². The predicted octanol–water partition coefficient (Wildman–Crippen LogP) is 2.32. The van der Waals surface area contributed by atoms with E-state index in [4.69, 9.17) is 4.74 Å². The second kappa shape index (κ2) is 8.47. The number of thiazole rings is 1. The quantitative estimate of drug-likeness (QED) is 0.575. The third-order valence-electron chi connectivity index (χ3n) is 5.36. The number of hydrogen-bond acceptors (Lipinski definition) is 6. The van der Waals surface area contributed by atoms with Gasteiger partial charge in [0.1, 0.15) is 0 Å². The summed E-state index contributed by atoms with van der Waals surface area (Å²) >= 11 is 1.32. The van der Waals surface area contributed by atoms with Crippen LogP contribution in [0.15, 0.2) is 57.6 Å². The number of esters is 1. The molecule has 0 fully saturated rings. The highest BCUT2D eigenvalue weighted by Gasteiger charge is 2.33. The number of carbonyl (C=O) groups is 1. The van der Waals surface area contributed by atoms with Crippen molar-refractivity contribution in [2.24, 2.45) is 4.99 Å². The van der Waals surface area contributed by atoms with E-state index in [1.54, 1.807) is 24.6 Å². The maximum absolute atomic E-state index is 13.5. The minimum absolute atomic E-state index is 0.185. The van der Waals surface area contributed by atoms with Crippen LogP contribution < -0.4 is 14.9 Å². The number of rotatable bonds is 5. The number of nitrogens with zero attached hydrogens (tertiary/aromatic N) is 4. The van der Waals surface area contributed by atoms with E-state index in [1.807, 2.05) is 54.9 Å². The number of benzene rings is 1. The van der Waals surface area contributed by atoms with Crippen LogP contribution in [-0.2, 0) is 16.1 Å². The van der Waals surface area contributed by atoms with Gasteiger partial charge in [0.15, 0.2) is 4.80 Å². The number of aromatic nitrogens is 3. The van der Waals surface area contributed by atoms with Crippen LogP contribution in [0.25, 0.3) is 6.08 Å². The van der Waals surface area contributed by atoms with Crippen LogP contribution in [0, 0.1) is 6.92 Å². The zero-order valence-corrected chi connectivity index (χ0v) is 18.8. The third kappa shape index (κ3) is 3.67. The van der Waals surface area contributed by atoms with Crippen molar-refractivity contribution >= 4 is 23.4 Å². The van der Waals surface area contributed by atoms with Gasteiger partial charge in [-0.2, -0.15) is 5.10 Å². The molecule has 31 heavy (non-hydrogen) atoms. The molecule has 1 aliphatic heterocycles. The number of carbonyl (C=O) groups excluding carboxylic acids is 1. The topological polar surface area (TPSA) is 78.5 Å². The van der Waals surface area contributed by atoms with Crippen LogP contribution in [0.3, 0.4) is 0 Å². The molecule has 0 spiro atoms. The molecule has 1 aliphatic rings. The van der Waals surface area contributed by atoms with E-state index in [0.29, 0.717) is 20.6 Å². The van der Waals surface area contributed by atoms with Crippen LogP contribution in [0.4, 0.5) is 0 Å². The number of allylic oxidation sites excluding steroid dienone is 1. The van der Waals surface area contributed by atoms with Crippen molar-refractivity contribution in [1.82, 2.24) is 14.3 Å². The van der Waals surface area contributed by atoms with Gasteiger partial charge in [0.05, 0.1) is 34.6 Å². The molecule has 0 N–H and O–H groups in total. The molecule has 7 nitrogen and oxygen atoms in total. The van der Waals surface area contributed by atoms with Gasteiger partial charge < -0.3 is 4.74 Å². The summed E-state index contributed by atoms with van der Waals surface area (Å²) in [6.45, 7) is 8.57. The number of aryl methyl sites for hydroxylation is 1. The summed E-state index contributed by atoms with van der Waals surface area (Å²) in [4.78, 5) is 31.5. The Hall–Kier alpha value is -3.26. The molecule has 0 radical (unpaired) electrons. The second-order valence-corrected chi connectivity index (χ2v) is 8.22. The summed E-state index contributed by atoms with van der Waals surface area (Å²) in [5.41, 5.74) is 3.50. The molecule has 0 saturated heterocycles. The first-order valence-electron chi connectivity index (χ1n) is 10.2. The maximum atomic E-state index is 13.5. The van der Waals surface area contributed by atoms with Crippen molar-refractivity contribution in [3.8, 4) is 0 Å². The van der Waals surface area contributed by atoms with Crippen molar-refractivity contribution < 1.29 is 9.53 Å². The molecule has 2 aromatic heterocycles. The number of fused-ring (bicyclic) bond motifs is 1. The lowest BCUT2D eigenvalue weighted by Gasteiger charge is -2.24. The van der Waals surface area contributed by atoms with Crippen LogP contribution in [0.5, 0.6) is 0 Å². The summed E-state index contributed by atoms with van der Waals surface area (Å²) in [6.07, 6.45) is 3.62. The Bertz CT molecular complexity index is 1350. The van der Waals surface area contributed by atoms with Gasteiger partial charge in [-0.05, 0) is 39.3 Å². The smallest absolute Gasteiger partial charge is 0.338 e. The molecule has 0 bridgehead atoms. The fourth-order valence-electron chi connectivity index (χ4n) is 3.80. The molecule has 4 rings (SSSR count). The van der Waals surface area contributed by atoms with E-state index in [-0.39, 0.29) is 12.2 Å². The second-order valence-electron chi connectivity index (χ2n) is 7.21. The van der Waals surface area contributed by atoms with Gasteiger partial charge >= 0.3 is 5.97 Å². The third-order valence-corrected chi connectivity index (χ3v) is 6.34. The first-order valence-corrected chi connectivity index (χ1v) is 11.0. The van der Waals surface area contributed by atoms with Crippen molar-refractivity contribution in [3.63, 3.8) is 0 Å². The summed E-state index contributed by atoms with van der Waals surface area (Å²) in [5.74, 6) is -0.452. The minimum Gasteiger partial charge on any atom is -0.463 e. The minimum atomic E-state index is -0.585. The lowest BCUT2D eigenvalue weighted by atomic mass is 9.96. The van der Waals surface area contributed by atoms with Crippen LogP contribution >= 0.6 is 11.3 Å². The SMILES string of the molecule is CCOC(=O)C1=C(C)N=c2sc(=Cc3cnn(CC)c3C)c(=O)n2[C@@H]1c1ccccc1. The molecule has 0 saturated carbocycles. The average Bonchev–Trinajstić information content (AvgIpc) is 3.27. The maximum Gasteiger partial charge on any atom is 0.338 e. The fraction of sp³-hybridized carbons (Fsp3) is 0.304. The highest BCUT2D eigenvalue weighted by atomic mass is 32.1. The fourth-order valence-corrected chi connectivity index (χ4v) is 4.84. The van der Waals surface area contributed by atoms with E-state index in [1.165, 1.54) is 11.3 Å². The molecule has 0 amide bonds. The van der Waals surface area contributed by atoms with Crippen LogP contribution in [0.1, 0.15) is 43.6 Å². The molecule has 1 atom stereocenters. The zero-order valence-electron chi connectivity index (χ0n) is 18.0. The average molecular weight is 437 g/mol. The zero-order chi connectivity index (χ0) is 22.1. The Kier molecular flexibility index (Phi) is 5.73. The lowest BCUT2D eigenvalue weighted by Crippen LogP contribution is -2.39. The largest absolute Gasteiger partial charge is 0.463 e.